The van der Waals surface area contributed by atoms with Crippen LogP contribution in [0.3, 0.4) is 0 Å². The van der Waals surface area contributed by atoms with E-state index in [2.05, 4.69) is 9.97 Å². The minimum atomic E-state index is -0.798. The van der Waals surface area contributed by atoms with Crippen molar-refractivity contribution < 1.29 is 9.90 Å². The van der Waals surface area contributed by atoms with Gasteiger partial charge in [0.15, 0.2) is 0 Å². The zero-order valence-electron chi connectivity index (χ0n) is 10.3. The van der Waals surface area contributed by atoms with Crippen LogP contribution in [0, 0.1) is 0 Å². The lowest BCUT2D eigenvalue weighted by Gasteiger charge is -2.22. The summed E-state index contributed by atoms with van der Waals surface area (Å²) in [7, 11) is 0. The maximum Gasteiger partial charge on any atom is 0.310 e. The van der Waals surface area contributed by atoms with Gasteiger partial charge >= 0.3 is 5.97 Å². The number of benzene rings is 1. The summed E-state index contributed by atoms with van der Waals surface area (Å²) in [4.78, 5) is 18.9. The van der Waals surface area contributed by atoms with E-state index >= 15 is 0 Å². The van der Waals surface area contributed by atoms with Crippen LogP contribution in [0.4, 0.5) is 0 Å². The fourth-order valence-electron chi connectivity index (χ4n) is 2.33. The molecule has 0 spiro atoms. The van der Waals surface area contributed by atoms with Crippen LogP contribution in [0.25, 0.3) is 11.0 Å². The summed E-state index contributed by atoms with van der Waals surface area (Å²) < 4.78 is 0. The van der Waals surface area contributed by atoms with Crippen molar-refractivity contribution in [1.29, 1.82) is 0 Å². The van der Waals surface area contributed by atoms with E-state index in [-0.39, 0.29) is 0 Å². The summed E-state index contributed by atoms with van der Waals surface area (Å²) in [5, 5.41) is 9.02. The molecule has 2 aromatic rings. The number of hydrogen-bond acceptors (Lipinski definition) is 2. The van der Waals surface area contributed by atoms with E-state index in [4.69, 9.17) is 5.11 Å². The summed E-state index contributed by atoms with van der Waals surface area (Å²) in [6, 6.07) is 5.67. The Morgan fingerprint density at radius 3 is 2.89 bits per heavy atom. The third-order valence-corrected chi connectivity index (χ3v) is 3.89. The molecule has 1 saturated carbocycles. The smallest absolute Gasteiger partial charge is 0.310 e. The van der Waals surface area contributed by atoms with Crippen LogP contribution in [-0.4, -0.2) is 21.0 Å². The molecular formula is C14H16N2O2. The number of nitrogens with one attached hydrogen (secondary N) is 1. The second-order valence-corrected chi connectivity index (χ2v) is 5.09. The quantitative estimate of drug-likeness (QED) is 0.872. The van der Waals surface area contributed by atoms with Crippen molar-refractivity contribution in [2.75, 3.05) is 0 Å². The van der Waals surface area contributed by atoms with Crippen molar-refractivity contribution in [2.24, 2.45) is 0 Å². The summed E-state index contributed by atoms with van der Waals surface area (Å²) in [6.07, 6.45) is 3.69. The third-order valence-electron chi connectivity index (χ3n) is 3.89. The standard InChI is InChI=1S/C14H16N2O2/c1-8(14(17)18)10-5-6-11-12(7-10)16-13(15-11)9-3-2-4-9/h5-9H,2-4H2,1H3,(H,15,16)(H,17,18). The zero-order chi connectivity index (χ0) is 12.7. The zero-order valence-corrected chi connectivity index (χ0v) is 10.3. The van der Waals surface area contributed by atoms with Gasteiger partial charge in [-0.3, -0.25) is 4.79 Å². The van der Waals surface area contributed by atoms with Gasteiger partial charge in [0.05, 0.1) is 17.0 Å². The van der Waals surface area contributed by atoms with Crippen LogP contribution < -0.4 is 0 Å². The molecule has 1 aliphatic carbocycles. The van der Waals surface area contributed by atoms with Gasteiger partial charge in [0, 0.05) is 5.92 Å². The van der Waals surface area contributed by atoms with Crippen molar-refractivity contribution >= 4 is 17.0 Å². The molecule has 0 bridgehead atoms. The van der Waals surface area contributed by atoms with Crippen molar-refractivity contribution in [3.63, 3.8) is 0 Å². The number of imidazole rings is 1. The minimum absolute atomic E-state index is 0.482. The lowest BCUT2D eigenvalue weighted by atomic mass is 9.85. The fourth-order valence-corrected chi connectivity index (χ4v) is 2.33. The Balaban J connectivity index is 1.98. The van der Waals surface area contributed by atoms with Gasteiger partial charge in [-0.15, -0.1) is 0 Å². The molecular weight excluding hydrogens is 228 g/mol. The Morgan fingerprint density at radius 1 is 1.50 bits per heavy atom. The third kappa shape index (κ3) is 1.78. The number of aromatic amines is 1. The van der Waals surface area contributed by atoms with Gasteiger partial charge in [-0.25, -0.2) is 4.98 Å². The van der Waals surface area contributed by atoms with Crippen molar-refractivity contribution in [2.45, 2.75) is 38.0 Å². The van der Waals surface area contributed by atoms with Crippen LogP contribution in [0.2, 0.25) is 0 Å². The number of aliphatic carboxylic acids is 1. The normalized spacial score (nSPS) is 17.6. The number of carbonyl (C=O) groups is 1. The van der Waals surface area contributed by atoms with Crippen LogP contribution in [0.5, 0.6) is 0 Å². The Hall–Kier alpha value is -1.84. The number of fused-ring (bicyclic) bond motifs is 1. The highest BCUT2D eigenvalue weighted by molar-refractivity contribution is 5.80. The molecule has 1 heterocycles. The highest BCUT2D eigenvalue weighted by Gasteiger charge is 2.23. The van der Waals surface area contributed by atoms with Crippen molar-refractivity contribution in [1.82, 2.24) is 9.97 Å². The average molecular weight is 244 g/mol. The lowest BCUT2D eigenvalue weighted by molar-refractivity contribution is -0.138. The first-order valence-corrected chi connectivity index (χ1v) is 6.37. The molecule has 0 amide bonds. The van der Waals surface area contributed by atoms with Crippen LogP contribution in [0.1, 0.15) is 49.4 Å². The number of rotatable bonds is 3. The van der Waals surface area contributed by atoms with Gasteiger partial charge in [-0.2, -0.15) is 0 Å². The Labute approximate surface area is 105 Å². The molecule has 1 unspecified atom stereocenters. The largest absolute Gasteiger partial charge is 0.481 e. The predicted octanol–water partition coefficient (Wildman–Crippen LogP) is 3.02. The SMILES string of the molecule is CC(C(=O)O)c1ccc2nc(C3CCC3)[nH]c2c1. The number of H-pyrrole nitrogens is 1. The second kappa shape index (κ2) is 4.12. The average Bonchev–Trinajstić information content (AvgIpc) is 2.67. The highest BCUT2D eigenvalue weighted by Crippen LogP contribution is 2.35. The molecule has 2 N–H and O–H groups in total. The molecule has 18 heavy (non-hydrogen) atoms. The van der Waals surface area contributed by atoms with Gasteiger partial charge in [-0.1, -0.05) is 12.5 Å². The van der Waals surface area contributed by atoms with E-state index in [0.29, 0.717) is 5.92 Å². The number of hydrogen-bond donors (Lipinski definition) is 2. The minimum Gasteiger partial charge on any atom is -0.481 e. The first kappa shape index (κ1) is 11.3. The van der Waals surface area contributed by atoms with Gasteiger partial charge in [0.1, 0.15) is 5.82 Å². The van der Waals surface area contributed by atoms with E-state index < -0.39 is 11.9 Å². The number of nitrogens with zero attached hydrogens (tertiary/aromatic N) is 1. The van der Waals surface area contributed by atoms with E-state index in [9.17, 15) is 4.79 Å². The van der Waals surface area contributed by atoms with Crippen LogP contribution >= 0.6 is 0 Å². The molecule has 3 rings (SSSR count). The monoisotopic (exact) mass is 244 g/mol. The molecule has 4 heteroatoms. The van der Waals surface area contributed by atoms with E-state index in [1.165, 1.54) is 19.3 Å². The number of carboxylic acids is 1. The molecule has 94 valence electrons. The molecule has 0 radical (unpaired) electrons. The summed E-state index contributed by atoms with van der Waals surface area (Å²) >= 11 is 0. The van der Waals surface area contributed by atoms with Gasteiger partial charge in [0.25, 0.3) is 0 Å². The predicted molar refractivity (Wildman–Crippen MR) is 68.7 cm³/mol. The molecule has 1 atom stereocenters. The molecule has 4 nitrogen and oxygen atoms in total. The topological polar surface area (TPSA) is 66.0 Å². The molecule has 1 fully saturated rings. The van der Waals surface area contributed by atoms with Gasteiger partial charge in [0.2, 0.25) is 0 Å². The number of carboxylic acid groups (broad SMARTS) is 1. The highest BCUT2D eigenvalue weighted by atomic mass is 16.4. The van der Waals surface area contributed by atoms with Gasteiger partial charge < -0.3 is 10.1 Å². The van der Waals surface area contributed by atoms with E-state index in [1.807, 2.05) is 18.2 Å². The molecule has 1 aromatic carbocycles. The number of aromatic nitrogens is 2. The van der Waals surface area contributed by atoms with E-state index in [1.54, 1.807) is 6.92 Å². The van der Waals surface area contributed by atoms with Gasteiger partial charge in [-0.05, 0) is 37.5 Å². The second-order valence-electron chi connectivity index (χ2n) is 5.09. The first-order valence-electron chi connectivity index (χ1n) is 6.37. The van der Waals surface area contributed by atoms with Crippen LogP contribution in [-0.2, 0) is 4.79 Å². The maximum absolute atomic E-state index is 11.0. The summed E-state index contributed by atoms with van der Waals surface area (Å²) in [6.45, 7) is 1.70. The maximum atomic E-state index is 11.0. The van der Waals surface area contributed by atoms with Crippen LogP contribution in [0.15, 0.2) is 18.2 Å². The Bertz CT molecular complexity index is 599. The molecule has 1 aliphatic rings. The molecule has 0 aliphatic heterocycles. The van der Waals surface area contributed by atoms with E-state index in [0.717, 1.165) is 22.4 Å². The Morgan fingerprint density at radius 2 is 2.28 bits per heavy atom. The summed E-state index contributed by atoms with van der Waals surface area (Å²) in [5.74, 6) is 0.340. The Kier molecular flexibility index (Phi) is 2.58. The lowest BCUT2D eigenvalue weighted by Crippen LogP contribution is -2.10. The molecule has 0 saturated heterocycles. The summed E-state index contributed by atoms with van der Waals surface area (Å²) in [5.41, 5.74) is 2.69. The fraction of sp³-hybridized carbons (Fsp3) is 0.429. The first-order chi connectivity index (χ1) is 8.65. The molecule has 1 aromatic heterocycles. The van der Waals surface area contributed by atoms with Crippen molar-refractivity contribution in [3.05, 3.63) is 29.6 Å². The van der Waals surface area contributed by atoms with Crippen molar-refractivity contribution in [3.8, 4) is 0 Å².